The number of fused-ring (bicyclic) bond motifs is 1. The third-order valence-electron chi connectivity index (χ3n) is 3.43. The van der Waals surface area contributed by atoms with E-state index in [1.54, 1.807) is 43.6 Å². The molecule has 0 radical (unpaired) electrons. The monoisotopic (exact) mass is 341 g/mol. The molecule has 0 aliphatic carbocycles. The molecule has 7 heteroatoms. The fourth-order valence-electron chi connectivity index (χ4n) is 2.16. The summed E-state index contributed by atoms with van der Waals surface area (Å²) in [4.78, 5) is 32.5. The summed E-state index contributed by atoms with van der Waals surface area (Å²) in [6.07, 6.45) is 1.69. The highest BCUT2D eigenvalue weighted by molar-refractivity contribution is 7.99. The molecular formula is C17H15N3O3S. The molecule has 6 nitrogen and oxygen atoms in total. The Bertz CT molecular complexity index is 951. The van der Waals surface area contributed by atoms with Crippen molar-refractivity contribution in [2.24, 2.45) is 0 Å². The molecule has 0 fully saturated rings. The fourth-order valence-corrected chi connectivity index (χ4v) is 2.88. The fraction of sp³-hybridized carbons (Fsp3) is 0.176. The van der Waals surface area contributed by atoms with Crippen LogP contribution in [0.1, 0.15) is 15.9 Å². The third-order valence-corrected chi connectivity index (χ3v) is 4.27. The predicted molar refractivity (Wildman–Crippen MR) is 92.0 cm³/mol. The number of Topliss-reactive ketones (excluding diaryl/α,β-unsaturated/α-hetero) is 1. The van der Waals surface area contributed by atoms with Crippen molar-refractivity contribution in [2.45, 2.75) is 12.1 Å². The van der Waals surface area contributed by atoms with Gasteiger partial charge in [-0.2, -0.15) is 4.98 Å². The van der Waals surface area contributed by atoms with Crippen molar-refractivity contribution >= 4 is 23.2 Å². The van der Waals surface area contributed by atoms with Crippen LogP contribution in [0.5, 0.6) is 5.75 Å². The zero-order valence-electron chi connectivity index (χ0n) is 13.2. The van der Waals surface area contributed by atoms with Crippen molar-refractivity contribution in [3.63, 3.8) is 0 Å². The predicted octanol–water partition coefficient (Wildman–Crippen LogP) is 2.38. The highest BCUT2D eigenvalue weighted by atomic mass is 32.2. The quantitative estimate of drug-likeness (QED) is 0.524. The number of ether oxygens (including phenoxy) is 1. The Morgan fingerprint density at radius 3 is 2.62 bits per heavy atom. The molecule has 0 aliphatic rings. The number of carbonyl (C=O) groups excluding carboxylic acids is 1. The average Bonchev–Trinajstić information content (AvgIpc) is 2.60. The van der Waals surface area contributed by atoms with Crippen LogP contribution >= 0.6 is 11.8 Å². The van der Waals surface area contributed by atoms with E-state index >= 15 is 0 Å². The van der Waals surface area contributed by atoms with Gasteiger partial charge in [0.25, 0.3) is 0 Å². The number of methoxy groups -OCH3 is 1. The molecule has 3 aromatic rings. The first kappa shape index (κ1) is 16.2. The first-order valence-corrected chi connectivity index (χ1v) is 8.22. The molecular weight excluding hydrogens is 326 g/mol. The van der Waals surface area contributed by atoms with Crippen LogP contribution in [0.2, 0.25) is 0 Å². The van der Waals surface area contributed by atoms with Crippen LogP contribution in [-0.4, -0.2) is 33.0 Å². The number of ketones is 1. The van der Waals surface area contributed by atoms with Gasteiger partial charge in [0, 0.05) is 11.8 Å². The molecule has 2 aromatic heterocycles. The lowest BCUT2D eigenvalue weighted by molar-refractivity contribution is 0.102. The Morgan fingerprint density at radius 2 is 1.92 bits per heavy atom. The van der Waals surface area contributed by atoms with Gasteiger partial charge in [0.15, 0.2) is 10.9 Å². The van der Waals surface area contributed by atoms with Crippen molar-refractivity contribution in [3.05, 3.63) is 64.2 Å². The second kappa shape index (κ2) is 6.84. The minimum absolute atomic E-state index is 0.0599. The second-order valence-electron chi connectivity index (χ2n) is 5.16. The topological polar surface area (TPSA) is 73.6 Å². The van der Waals surface area contributed by atoms with E-state index < -0.39 is 5.69 Å². The van der Waals surface area contributed by atoms with Crippen molar-refractivity contribution in [3.8, 4) is 5.75 Å². The van der Waals surface area contributed by atoms with E-state index in [2.05, 4.69) is 9.97 Å². The Balaban J connectivity index is 1.76. The van der Waals surface area contributed by atoms with Crippen LogP contribution < -0.4 is 10.4 Å². The summed E-state index contributed by atoms with van der Waals surface area (Å²) in [6, 6.07) is 10.5. The molecule has 0 amide bonds. The highest BCUT2D eigenvalue weighted by Gasteiger charge is 2.10. The van der Waals surface area contributed by atoms with Gasteiger partial charge in [-0.1, -0.05) is 17.8 Å². The Kier molecular flexibility index (Phi) is 4.61. The number of carbonyl (C=O) groups is 1. The molecule has 0 N–H and O–H groups in total. The lowest BCUT2D eigenvalue weighted by Gasteiger charge is -2.04. The standard InChI is InChI=1S/C17H15N3O3S/c1-11-3-8-15-18-16(19-17(22)20(15)9-11)24-10-14(21)12-4-6-13(23-2)7-5-12/h3-9H,10H2,1-2H3. The van der Waals surface area contributed by atoms with E-state index in [1.165, 1.54) is 4.40 Å². The maximum atomic E-state index is 12.2. The molecule has 0 spiro atoms. The van der Waals surface area contributed by atoms with E-state index in [4.69, 9.17) is 4.74 Å². The van der Waals surface area contributed by atoms with Gasteiger partial charge in [0.1, 0.15) is 11.4 Å². The maximum Gasteiger partial charge on any atom is 0.355 e. The normalized spacial score (nSPS) is 10.8. The average molecular weight is 341 g/mol. The number of nitrogens with zero attached hydrogens (tertiary/aromatic N) is 3. The number of aromatic nitrogens is 3. The molecule has 0 saturated heterocycles. The summed E-state index contributed by atoms with van der Waals surface area (Å²) in [6.45, 7) is 1.89. The minimum Gasteiger partial charge on any atom is -0.497 e. The van der Waals surface area contributed by atoms with E-state index in [-0.39, 0.29) is 11.5 Å². The van der Waals surface area contributed by atoms with Crippen LogP contribution in [0.15, 0.2) is 52.5 Å². The number of rotatable bonds is 5. The summed E-state index contributed by atoms with van der Waals surface area (Å²) in [5, 5.41) is 0.297. The van der Waals surface area contributed by atoms with Crippen LogP contribution in [0, 0.1) is 6.92 Å². The van der Waals surface area contributed by atoms with Crippen LogP contribution in [-0.2, 0) is 0 Å². The van der Waals surface area contributed by atoms with Crippen molar-refractivity contribution in [2.75, 3.05) is 12.9 Å². The highest BCUT2D eigenvalue weighted by Crippen LogP contribution is 2.17. The molecule has 3 rings (SSSR count). The van der Waals surface area contributed by atoms with Crippen molar-refractivity contribution < 1.29 is 9.53 Å². The first-order valence-electron chi connectivity index (χ1n) is 7.24. The smallest absolute Gasteiger partial charge is 0.355 e. The van der Waals surface area contributed by atoms with E-state index in [1.807, 2.05) is 13.0 Å². The largest absolute Gasteiger partial charge is 0.497 e. The maximum absolute atomic E-state index is 12.2. The Morgan fingerprint density at radius 1 is 1.17 bits per heavy atom. The number of thioether (sulfide) groups is 1. The number of hydrogen-bond donors (Lipinski definition) is 0. The van der Waals surface area contributed by atoms with E-state index in [9.17, 15) is 9.59 Å². The number of hydrogen-bond acceptors (Lipinski definition) is 6. The molecule has 24 heavy (non-hydrogen) atoms. The summed E-state index contributed by atoms with van der Waals surface area (Å²) in [5.74, 6) is 0.795. The van der Waals surface area contributed by atoms with Crippen LogP contribution in [0.25, 0.3) is 5.65 Å². The van der Waals surface area contributed by atoms with Crippen molar-refractivity contribution in [1.82, 2.24) is 14.4 Å². The van der Waals surface area contributed by atoms with Gasteiger partial charge in [-0.25, -0.2) is 9.78 Å². The Labute approximate surface area is 142 Å². The van der Waals surface area contributed by atoms with Gasteiger partial charge in [0.05, 0.1) is 12.9 Å². The molecule has 122 valence electrons. The van der Waals surface area contributed by atoms with Gasteiger partial charge in [-0.05, 0) is 42.8 Å². The third kappa shape index (κ3) is 3.46. The van der Waals surface area contributed by atoms with Gasteiger partial charge >= 0.3 is 5.69 Å². The summed E-state index contributed by atoms with van der Waals surface area (Å²) < 4.78 is 6.46. The van der Waals surface area contributed by atoms with Crippen LogP contribution in [0.4, 0.5) is 0 Å². The molecule has 0 aliphatic heterocycles. The zero-order valence-corrected chi connectivity index (χ0v) is 14.0. The number of pyridine rings is 1. The van der Waals surface area contributed by atoms with E-state index in [0.29, 0.717) is 22.1 Å². The first-order chi connectivity index (χ1) is 11.6. The van der Waals surface area contributed by atoms with Gasteiger partial charge in [-0.3, -0.25) is 9.20 Å². The molecule has 1 aromatic carbocycles. The molecule has 0 saturated carbocycles. The van der Waals surface area contributed by atoms with E-state index in [0.717, 1.165) is 17.3 Å². The molecule has 0 atom stereocenters. The number of benzene rings is 1. The molecule has 0 unspecified atom stereocenters. The van der Waals surface area contributed by atoms with Crippen LogP contribution in [0.3, 0.4) is 0 Å². The van der Waals surface area contributed by atoms with Gasteiger partial charge in [0.2, 0.25) is 0 Å². The summed E-state index contributed by atoms with van der Waals surface area (Å²) in [5.41, 5.74) is 1.64. The lowest BCUT2D eigenvalue weighted by atomic mass is 10.1. The minimum atomic E-state index is -0.400. The SMILES string of the molecule is COc1ccc(C(=O)CSc2nc(=O)n3cc(C)ccc3n2)cc1. The van der Waals surface area contributed by atoms with Gasteiger partial charge < -0.3 is 4.74 Å². The summed E-state index contributed by atoms with van der Waals surface area (Å²) in [7, 11) is 1.57. The zero-order chi connectivity index (χ0) is 17.1. The Hall–Kier alpha value is -2.67. The number of aryl methyl sites for hydroxylation is 1. The summed E-state index contributed by atoms with van der Waals surface area (Å²) >= 11 is 1.15. The lowest BCUT2D eigenvalue weighted by Crippen LogP contribution is -2.19. The van der Waals surface area contributed by atoms with Crippen molar-refractivity contribution in [1.29, 1.82) is 0 Å². The molecule has 0 bridgehead atoms. The second-order valence-corrected chi connectivity index (χ2v) is 6.11. The van der Waals surface area contributed by atoms with Gasteiger partial charge in [-0.15, -0.1) is 0 Å². The molecule has 2 heterocycles.